The molecule has 0 bridgehead atoms. The van der Waals surface area contributed by atoms with Gasteiger partial charge in [0.05, 0.1) is 18.5 Å². The topological polar surface area (TPSA) is 120 Å². The van der Waals surface area contributed by atoms with Crippen molar-refractivity contribution in [2.45, 2.75) is 31.2 Å². The van der Waals surface area contributed by atoms with Crippen LogP contribution >= 0.6 is 0 Å². The second-order valence-corrected chi connectivity index (χ2v) is 8.39. The van der Waals surface area contributed by atoms with Crippen LogP contribution in [0.4, 0.5) is 5.69 Å². The smallest absolute Gasteiger partial charge is 0.322 e. The van der Waals surface area contributed by atoms with Crippen LogP contribution in [-0.2, 0) is 16.6 Å². The number of aryl methyl sites for hydroxylation is 1. The standard InChI is InChI=1S/C19H20N6O3S/c1-2-25-17-9-8-13(11-16(17)22-24-25)19(26)21-14-5-3-6-15(12-14)29(27,28)23-18-7-4-10-20-18/h3,5-6,8-9,11-12H,2,4,7,10H2,1H3,(H,20,23)(H,21,26)/p+1. The van der Waals surface area contributed by atoms with E-state index in [4.69, 9.17) is 0 Å². The number of rotatable bonds is 5. The number of nitrogens with zero attached hydrogens (tertiary/aromatic N) is 3. The van der Waals surface area contributed by atoms with Gasteiger partial charge in [0.1, 0.15) is 10.4 Å². The molecule has 1 aliphatic heterocycles. The Kier molecular flexibility index (Phi) is 5.01. The van der Waals surface area contributed by atoms with Gasteiger partial charge in [-0.2, -0.15) is 13.1 Å². The van der Waals surface area contributed by atoms with Gasteiger partial charge in [0.25, 0.3) is 11.7 Å². The summed E-state index contributed by atoms with van der Waals surface area (Å²) in [5, 5.41) is 10.8. The van der Waals surface area contributed by atoms with Crippen LogP contribution in [-0.4, -0.2) is 41.7 Å². The second kappa shape index (κ2) is 7.63. The summed E-state index contributed by atoms with van der Waals surface area (Å²) in [6.45, 7) is 3.40. The second-order valence-electron chi connectivity index (χ2n) is 6.71. The van der Waals surface area contributed by atoms with E-state index >= 15 is 0 Å². The lowest BCUT2D eigenvalue weighted by atomic mass is 10.2. The van der Waals surface area contributed by atoms with Gasteiger partial charge in [-0.3, -0.25) is 9.79 Å². The molecule has 150 valence electrons. The van der Waals surface area contributed by atoms with Crippen LogP contribution in [0.25, 0.3) is 11.0 Å². The summed E-state index contributed by atoms with van der Waals surface area (Å²) in [5.41, 5.74) is 2.28. The molecular formula is C19H21N6O3S+. The van der Waals surface area contributed by atoms with E-state index in [1.54, 1.807) is 35.0 Å². The Morgan fingerprint density at radius 3 is 2.86 bits per heavy atom. The number of anilines is 1. The van der Waals surface area contributed by atoms with E-state index in [9.17, 15) is 13.2 Å². The Bertz CT molecular complexity index is 1220. The minimum atomic E-state index is -3.72. The minimum absolute atomic E-state index is 0.0813. The van der Waals surface area contributed by atoms with Gasteiger partial charge < -0.3 is 5.32 Å². The summed E-state index contributed by atoms with van der Waals surface area (Å²) >= 11 is 0. The quantitative estimate of drug-likeness (QED) is 0.554. The van der Waals surface area contributed by atoms with Crippen LogP contribution < -0.4 is 15.0 Å². The third-order valence-electron chi connectivity index (χ3n) is 4.68. The fraction of sp³-hybridized carbons (Fsp3) is 0.263. The molecule has 0 saturated heterocycles. The summed E-state index contributed by atoms with van der Waals surface area (Å²) in [5.74, 6) is 0.236. The first-order chi connectivity index (χ1) is 14.0. The number of carbonyl (C=O) groups is 1. The van der Waals surface area contributed by atoms with Crippen molar-refractivity contribution in [2.24, 2.45) is 0 Å². The van der Waals surface area contributed by atoms with Crippen molar-refractivity contribution in [3.8, 4) is 0 Å². The molecule has 10 heteroatoms. The van der Waals surface area contributed by atoms with Crippen molar-refractivity contribution in [3.05, 3.63) is 48.0 Å². The zero-order valence-electron chi connectivity index (χ0n) is 15.8. The molecule has 1 aromatic heterocycles. The number of amidine groups is 1. The van der Waals surface area contributed by atoms with Gasteiger partial charge in [-0.15, -0.1) is 5.10 Å². The molecule has 0 spiro atoms. The molecular weight excluding hydrogens is 392 g/mol. The van der Waals surface area contributed by atoms with Crippen LogP contribution in [0.15, 0.2) is 47.4 Å². The molecule has 4 rings (SSSR count). The molecule has 3 N–H and O–H groups in total. The molecule has 9 nitrogen and oxygen atoms in total. The number of carbonyl (C=O) groups excluding carboxylic acids is 1. The van der Waals surface area contributed by atoms with Crippen molar-refractivity contribution < 1.29 is 18.2 Å². The normalized spacial score (nSPS) is 14.0. The van der Waals surface area contributed by atoms with E-state index in [-0.39, 0.29) is 10.8 Å². The van der Waals surface area contributed by atoms with E-state index in [1.807, 2.05) is 6.92 Å². The van der Waals surface area contributed by atoms with Crippen molar-refractivity contribution in [1.82, 2.24) is 19.7 Å². The lowest BCUT2D eigenvalue weighted by Crippen LogP contribution is -2.72. The van der Waals surface area contributed by atoms with Gasteiger partial charge in [0.2, 0.25) is 0 Å². The Balaban J connectivity index is 1.53. The monoisotopic (exact) mass is 413 g/mol. The molecule has 1 aliphatic rings. The summed E-state index contributed by atoms with van der Waals surface area (Å²) in [6, 6.07) is 11.3. The van der Waals surface area contributed by atoms with Crippen molar-refractivity contribution in [1.29, 1.82) is 0 Å². The molecule has 0 saturated carbocycles. The van der Waals surface area contributed by atoms with E-state index in [0.717, 1.165) is 18.5 Å². The van der Waals surface area contributed by atoms with Crippen LogP contribution in [0.2, 0.25) is 0 Å². The largest absolute Gasteiger partial charge is 0.328 e. The third kappa shape index (κ3) is 3.97. The van der Waals surface area contributed by atoms with E-state index < -0.39 is 10.0 Å². The fourth-order valence-electron chi connectivity index (χ4n) is 3.19. The van der Waals surface area contributed by atoms with Crippen LogP contribution in [0, 0.1) is 0 Å². The number of benzene rings is 2. The van der Waals surface area contributed by atoms with Crippen molar-refractivity contribution >= 4 is 38.5 Å². The van der Waals surface area contributed by atoms with Crippen molar-refractivity contribution in [2.75, 3.05) is 11.9 Å². The molecule has 0 aliphatic carbocycles. The molecule has 29 heavy (non-hydrogen) atoms. The van der Waals surface area contributed by atoms with Crippen LogP contribution in [0.1, 0.15) is 30.1 Å². The first-order valence-corrected chi connectivity index (χ1v) is 10.8. The zero-order chi connectivity index (χ0) is 20.4. The highest BCUT2D eigenvalue weighted by molar-refractivity contribution is 7.90. The predicted octanol–water partition coefficient (Wildman–Crippen LogP) is 0.255. The Morgan fingerprint density at radius 2 is 2.10 bits per heavy atom. The summed E-state index contributed by atoms with van der Waals surface area (Å²) in [4.78, 5) is 15.7. The van der Waals surface area contributed by atoms with E-state index in [0.29, 0.717) is 35.6 Å². The maximum Gasteiger partial charge on any atom is 0.328 e. The molecule has 3 aromatic rings. The Labute approximate surface area is 167 Å². The molecule has 2 heterocycles. The lowest BCUT2D eigenvalue weighted by Gasteiger charge is -2.08. The van der Waals surface area contributed by atoms with E-state index in [1.165, 1.54) is 12.1 Å². The average Bonchev–Trinajstić information content (AvgIpc) is 3.36. The number of aromatic nitrogens is 3. The number of sulfonamides is 1. The Morgan fingerprint density at radius 1 is 1.24 bits per heavy atom. The lowest BCUT2D eigenvalue weighted by molar-refractivity contribution is -0.448. The molecule has 0 atom stereocenters. The Hall–Kier alpha value is -3.27. The molecule has 1 amide bonds. The maximum atomic E-state index is 12.6. The highest BCUT2D eigenvalue weighted by Crippen LogP contribution is 2.18. The van der Waals surface area contributed by atoms with Gasteiger partial charge in [-0.1, -0.05) is 11.3 Å². The number of nitrogens with one attached hydrogen (secondary N) is 3. The van der Waals surface area contributed by atoms with Gasteiger partial charge in [-0.25, -0.2) is 4.68 Å². The number of amides is 1. The molecule has 0 unspecified atom stereocenters. The van der Waals surface area contributed by atoms with Gasteiger partial charge >= 0.3 is 10.0 Å². The first-order valence-electron chi connectivity index (χ1n) is 9.33. The van der Waals surface area contributed by atoms with Crippen molar-refractivity contribution in [3.63, 3.8) is 0 Å². The number of hydrogen-bond acceptors (Lipinski definition) is 5. The average molecular weight is 413 g/mol. The zero-order valence-corrected chi connectivity index (χ0v) is 16.7. The van der Waals surface area contributed by atoms with Gasteiger partial charge in [0.15, 0.2) is 0 Å². The van der Waals surface area contributed by atoms with E-state index in [2.05, 4.69) is 25.3 Å². The summed E-state index contributed by atoms with van der Waals surface area (Å²) in [6.07, 6.45) is 1.56. The summed E-state index contributed by atoms with van der Waals surface area (Å²) in [7, 11) is -3.72. The molecule has 2 aromatic carbocycles. The molecule has 0 radical (unpaired) electrons. The van der Waals surface area contributed by atoms with Gasteiger partial charge in [-0.05, 0) is 49.7 Å². The van der Waals surface area contributed by atoms with Crippen LogP contribution in [0.3, 0.4) is 0 Å². The van der Waals surface area contributed by atoms with Gasteiger partial charge in [0, 0.05) is 17.8 Å². The molecule has 0 fully saturated rings. The first kappa shape index (κ1) is 19.1. The predicted molar refractivity (Wildman–Crippen MR) is 108 cm³/mol. The highest BCUT2D eigenvalue weighted by atomic mass is 32.2. The van der Waals surface area contributed by atoms with Crippen LogP contribution in [0.5, 0.6) is 0 Å². The SMILES string of the molecule is CCn1nnc2cc(C(=O)Nc3cccc(S(=O)(=O)NC4=[NH+]CCC4)c3)ccc21. The summed E-state index contributed by atoms with van der Waals surface area (Å²) < 4.78 is 29.4. The maximum absolute atomic E-state index is 12.6. The highest BCUT2D eigenvalue weighted by Gasteiger charge is 2.24. The minimum Gasteiger partial charge on any atom is -0.322 e. The number of hydrogen-bond donors (Lipinski definition) is 3. The fourth-order valence-corrected chi connectivity index (χ4v) is 4.35. The third-order valence-corrected chi connectivity index (χ3v) is 6.07. The number of fused-ring (bicyclic) bond motifs is 1.